The van der Waals surface area contributed by atoms with Crippen molar-refractivity contribution in [2.45, 2.75) is 44.8 Å². The molecule has 0 saturated heterocycles. The van der Waals surface area contributed by atoms with E-state index in [1.165, 1.54) is 11.3 Å². The largest absolute Gasteiger partial charge is 0.393 e. The molecular weight excluding hydrogens is 200 g/mol. The van der Waals surface area contributed by atoms with Crippen molar-refractivity contribution in [2.75, 3.05) is 6.54 Å². The Morgan fingerprint density at radius 1 is 1.62 bits per heavy atom. The van der Waals surface area contributed by atoms with E-state index >= 15 is 0 Å². The van der Waals surface area contributed by atoms with Crippen LogP contribution in [-0.2, 0) is 6.42 Å². The number of nitrogens with one attached hydrogen (secondary N) is 1. The van der Waals surface area contributed by atoms with Crippen LogP contribution in [-0.4, -0.2) is 22.7 Å². The first kappa shape index (κ1) is 11.6. The molecule has 2 unspecified atom stereocenters. The zero-order valence-electron chi connectivity index (χ0n) is 9.82. The van der Waals surface area contributed by atoms with Crippen molar-refractivity contribution in [3.8, 4) is 0 Å². The maximum atomic E-state index is 9.16. The van der Waals surface area contributed by atoms with E-state index in [1.807, 2.05) is 19.2 Å². The molecule has 2 N–H and O–H groups in total. The lowest BCUT2D eigenvalue weighted by Crippen LogP contribution is -2.21. The van der Waals surface area contributed by atoms with Crippen LogP contribution in [0.2, 0.25) is 0 Å². The van der Waals surface area contributed by atoms with Crippen LogP contribution in [0.4, 0.5) is 0 Å². The van der Waals surface area contributed by atoms with Crippen molar-refractivity contribution >= 4 is 0 Å². The lowest BCUT2D eigenvalue weighted by molar-refractivity contribution is 0.181. The lowest BCUT2D eigenvalue weighted by atomic mass is 10.2. The van der Waals surface area contributed by atoms with Crippen LogP contribution < -0.4 is 5.32 Å². The van der Waals surface area contributed by atoms with E-state index in [2.05, 4.69) is 16.4 Å². The molecule has 1 heterocycles. The smallest absolute Gasteiger partial charge is 0.0605 e. The first-order valence-corrected chi connectivity index (χ1v) is 6.12. The summed E-state index contributed by atoms with van der Waals surface area (Å²) in [6.07, 6.45) is 5.87. The lowest BCUT2D eigenvalue weighted by Gasteiger charge is -2.13. The van der Waals surface area contributed by atoms with Gasteiger partial charge in [-0.2, -0.15) is 0 Å². The third kappa shape index (κ3) is 2.80. The van der Waals surface area contributed by atoms with E-state index < -0.39 is 0 Å². The van der Waals surface area contributed by atoms with Crippen molar-refractivity contribution in [1.29, 1.82) is 0 Å². The van der Waals surface area contributed by atoms with E-state index in [1.54, 1.807) is 0 Å². The first-order chi connectivity index (χ1) is 7.77. The molecule has 0 aromatic carbocycles. The molecular formula is C13H20N2O. The highest BCUT2D eigenvalue weighted by Crippen LogP contribution is 2.28. The molecule has 0 spiro atoms. The van der Waals surface area contributed by atoms with Gasteiger partial charge in [-0.1, -0.05) is 6.07 Å². The van der Waals surface area contributed by atoms with Gasteiger partial charge in [0.05, 0.1) is 17.8 Å². The second-order valence-corrected chi connectivity index (χ2v) is 4.58. The minimum atomic E-state index is -0.184. The fraction of sp³-hybridized carbons (Fsp3) is 0.615. The molecule has 2 rings (SSSR count). The third-order valence-electron chi connectivity index (χ3n) is 3.15. The van der Waals surface area contributed by atoms with Crippen LogP contribution in [0.25, 0.3) is 0 Å². The zero-order valence-corrected chi connectivity index (χ0v) is 9.82. The molecule has 3 nitrogen and oxygen atoms in total. The van der Waals surface area contributed by atoms with Gasteiger partial charge in [-0.15, -0.1) is 0 Å². The van der Waals surface area contributed by atoms with E-state index in [0.29, 0.717) is 6.04 Å². The molecule has 0 saturated carbocycles. The molecule has 0 amide bonds. The van der Waals surface area contributed by atoms with Gasteiger partial charge in [0, 0.05) is 6.20 Å². The fourth-order valence-corrected chi connectivity index (χ4v) is 2.29. The van der Waals surface area contributed by atoms with Crippen LogP contribution in [0.15, 0.2) is 18.3 Å². The normalized spacial score (nSPS) is 20.8. The SMILES string of the molecule is CC(O)CCCNC1CCc2cccnc21. The van der Waals surface area contributed by atoms with Gasteiger partial charge in [0.2, 0.25) is 0 Å². The molecule has 1 aliphatic rings. The summed E-state index contributed by atoms with van der Waals surface area (Å²) in [5.74, 6) is 0. The third-order valence-corrected chi connectivity index (χ3v) is 3.15. The minimum Gasteiger partial charge on any atom is -0.393 e. The molecule has 0 radical (unpaired) electrons. The number of aliphatic hydroxyl groups is 1. The van der Waals surface area contributed by atoms with Gasteiger partial charge in [0.25, 0.3) is 0 Å². The van der Waals surface area contributed by atoms with E-state index in [-0.39, 0.29) is 6.10 Å². The van der Waals surface area contributed by atoms with Gasteiger partial charge in [0.1, 0.15) is 0 Å². The summed E-state index contributed by atoms with van der Waals surface area (Å²) in [5.41, 5.74) is 2.61. The summed E-state index contributed by atoms with van der Waals surface area (Å²) in [5, 5.41) is 12.7. The molecule has 0 aliphatic heterocycles. The monoisotopic (exact) mass is 220 g/mol. The van der Waals surface area contributed by atoms with Crippen molar-refractivity contribution in [2.24, 2.45) is 0 Å². The highest BCUT2D eigenvalue weighted by atomic mass is 16.3. The fourth-order valence-electron chi connectivity index (χ4n) is 2.29. The standard InChI is InChI=1S/C13H20N2O/c1-10(16)4-2-8-14-12-7-6-11-5-3-9-15-13(11)12/h3,5,9-10,12,14,16H,2,4,6-8H2,1H3. The van der Waals surface area contributed by atoms with Crippen molar-refractivity contribution < 1.29 is 5.11 Å². The van der Waals surface area contributed by atoms with Crippen LogP contribution in [0.5, 0.6) is 0 Å². The zero-order chi connectivity index (χ0) is 11.4. The van der Waals surface area contributed by atoms with E-state index in [4.69, 9.17) is 5.11 Å². The molecule has 88 valence electrons. The topological polar surface area (TPSA) is 45.1 Å². The Hall–Kier alpha value is -0.930. The molecule has 1 aromatic heterocycles. The summed E-state index contributed by atoms with van der Waals surface area (Å²) >= 11 is 0. The summed E-state index contributed by atoms with van der Waals surface area (Å²) in [6, 6.07) is 4.60. The highest BCUT2D eigenvalue weighted by molar-refractivity contribution is 5.27. The molecule has 0 bridgehead atoms. The quantitative estimate of drug-likeness (QED) is 0.744. The van der Waals surface area contributed by atoms with Gasteiger partial charge in [0.15, 0.2) is 0 Å². The van der Waals surface area contributed by atoms with Gasteiger partial charge in [-0.05, 0) is 50.8 Å². The number of aromatic nitrogens is 1. The molecule has 3 heteroatoms. The molecule has 2 atom stereocenters. The number of hydrogen-bond acceptors (Lipinski definition) is 3. The van der Waals surface area contributed by atoms with Crippen molar-refractivity contribution in [1.82, 2.24) is 10.3 Å². The number of fused-ring (bicyclic) bond motifs is 1. The summed E-state index contributed by atoms with van der Waals surface area (Å²) in [7, 11) is 0. The second-order valence-electron chi connectivity index (χ2n) is 4.58. The Balaban J connectivity index is 1.80. The second kappa shape index (κ2) is 5.41. The number of pyridine rings is 1. The molecule has 1 aromatic rings. The Morgan fingerprint density at radius 3 is 3.31 bits per heavy atom. The van der Waals surface area contributed by atoms with Crippen LogP contribution >= 0.6 is 0 Å². The predicted molar refractivity (Wildman–Crippen MR) is 64.2 cm³/mol. The molecule has 1 aliphatic carbocycles. The summed E-state index contributed by atoms with van der Waals surface area (Å²) in [6.45, 7) is 2.80. The van der Waals surface area contributed by atoms with Gasteiger partial charge in [-0.3, -0.25) is 4.98 Å². The number of hydrogen-bond donors (Lipinski definition) is 2. The Bertz CT molecular complexity index is 338. The maximum absolute atomic E-state index is 9.16. The maximum Gasteiger partial charge on any atom is 0.0605 e. The average molecular weight is 220 g/mol. The first-order valence-electron chi connectivity index (χ1n) is 6.12. The van der Waals surface area contributed by atoms with Crippen molar-refractivity contribution in [3.63, 3.8) is 0 Å². The average Bonchev–Trinajstić information content (AvgIpc) is 2.68. The van der Waals surface area contributed by atoms with Crippen LogP contribution in [0.1, 0.15) is 43.5 Å². The van der Waals surface area contributed by atoms with Gasteiger partial charge < -0.3 is 10.4 Å². The predicted octanol–water partition coefficient (Wildman–Crippen LogP) is 1.82. The Kier molecular flexibility index (Phi) is 3.91. The van der Waals surface area contributed by atoms with E-state index in [9.17, 15) is 0 Å². The summed E-state index contributed by atoms with van der Waals surface area (Å²) < 4.78 is 0. The number of rotatable bonds is 5. The molecule has 0 fully saturated rings. The van der Waals surface area contributed by atoms with Gasteiger partial charge in [-0.25, -0.2) is 0 Å². The van der Waals surface area contributed by atoms with E-state index in [0.717, 1.165) is 32.2 Å². The summed E-state index contributed by atoms with van der Waals surface area (Å²) in [4.78, 5) is 4.44. The molecule has 16 heavy (non-hydrogen) atoms. The number of aryl methyl sites for hydroxylation is 1. The minimum absolute atomic E-state index is 0.184. The van der Waals surface area contributed by atoms with Gasteiger partial charge >= 0.3 is 0 Å². The Labute approximate surface area is 96.9 Å². The highest BCUT2D eigenvalue weighted by Gasteiger charge is 2.22. The number of aliphatic hydroxyl groups excluding tert-OH is 1. The van der Waals surface area contributed by atoms with Crippen molar-refractivity contribution in [3.05, 3.63) is 29.6 Å². The van der Waals surface area contributed by atoms with Crippen LogP contribution in [0.3, 0.4) is 0 Å². The Morgan fingerprint density at radius 2 is 2.50 bits per heavy atom. The number of nitrogens with zero attached hydrogens (tertiary/aromatic N) is 1. The van der Waals surface area contributed by atoms with Crippen LogP contribution in [0, 0.1) is 0 Å².